The van der Waals surface area contributed by atoms with E-state index in [1.165, 1.54) is 23.5 Å². The van der Waals surface area contributed by atoms with E-state index >= 15 is 0 Å². The van der Waals surface area contributed by atoms with Crippen molar-refractivity contribution in [2.45, 2.75) is 13.8 Å². The lowest BCUT2D eigenvalue weighted by Gasteiger charge is -2.30. The van der Waals surface area contributed by atoms with Crippen LogP contribution in [0.4, 0.5) is 16.4 Å². The molecule has 0 atom stereocenters. The van der Waals surface area contributed by atoms with E-state index in [1.54, 1.807) is 6.07 Å². The Kier molecular flexibility index (Phi) is 6.61. The van der Waals surface area contributed by atoms with Gasteiger partial charge in [0.05, 0.1) is 35.0 Å². The number of rotatable bonds is 4. The lowest BCUT2D eigenvalue weighted by molar-refractivity contribution is -0.384. The van der Waals surface area contributed by atoms with Crippen molar-refractivity contribution in [1.82, 2.24) is 5.32 Å². The van der Waals surface area contributed by atoms with Crippen molar-refractivity contribution in [2.24, 2.45) is 0 Å². The molecule has 30 heavy (non-hydrogen) atoms. The Morgan fingerprint density at radius 2 is 2.07 bits per heavy atom. The number of thiophene rings is 1. The molecule has 1 aliphatic rings. The van der Waals surface area contributed by atoms with Crippen molar-refractivity contribution < 1.29 is 14.5 Å². The first kappa shape index (κ1) is 21.6. The van der Waals surface area contributed by atoms with Crippen LogP contribution in [0.1, 0.15) is 26.4 Å². The highest BCUT2D eigenvalue weighted by molar-refractivity contribution is 7.80. The number of nitro groups is 1. The lowest BCUT2D eigenvalue weighted by Crippen LogP contribution is -2.39. The van der Waals surface area contributed by atoms with Crippen molar-refractivity contribution in [2.75, 3.05) is 36.5 Å². The standard InChI is InChI=1S/C19H19N5O4S2/c1-11-12(2)30-18(15(11)10-20)22-19(29)21-17(25)14-9-13(24(26)27)3-4-16(14)23-5-7-28-8-6-23/h3-4,9H,5-8H2,1-2H3,(H2,21,22,25,29). The molecule has 2 N–H and O–H groups in total. The van der Waals surface area contributed by atoms with Gasteiger partial charge in [-0.05, 0) is 37.7 Å². The largest absolute Gasteiger partial charge is 0.378 e. The molecule has 9 nitrogen and oxygen atoms in total. The fourth-order valence-electron chi connectivity index (χ4n) is 3.05. The SMILES string of the molecule is Cc1sc(NC(=S)NC(=O)c2cc([N+](=O)[O-])ccc2N2CCOCC2)c(C#N)c1C. The predicted molar refractivity (Wildman–Crippen MR) is 118 cm³/mol. The number of carbonyl (C=O) groups excluding carboxylic acids is 1. The zero-order valence-electron chi connectivity index (χ0n) is 16.4. The number of nitriles is 1. The van der Waals surface area contributed by atoms with E-state index in [0.717, 1.165) is 10.4 Å². The van der Waals surface area contributed by atoms with Crippen LogP contribution in [-0.4, -0.2) is 42.2 Å². The minimum atomic E-state index is -0.568. The second kappa shape index (κ2) is 9.17. The van der Waals surface area contributed by atoms with Crippen molar-refractivity contribution in [3.05, 3.63) is 49.9 Å². The van der Waals surface area contributed by atoms with Gasteiger partial charge in [-0.25, -0.2) is 0 Å². The molecule has 1 saturated heterocycles. The van der Waals surface area contributed by atoms with Gasteiger partial charge in [-0.15, -0.1) is 11.3 Å². The summed E-state index contributed by atoms with van der Waals surface area (Å²) in [5.41, 5.74) is 1.86. The first-order valence-corrected chi connectivity index (χ1v) is 10.3. The summed E-state index contributed by atoms with van der Waals surface area (Å²) >= 11 is 6.61. The number of morpholine rings is 1. The van der Waals surface area contributed by atoms with Crippen LogP contribution >= 0.6 is 23.6 Å². The average molecular weight is 446 g/mol. The molecule has 156 valence electrons. The van der Waals surface area contributed by atoms with Crippen molar-refractivity contribution in [3.8, 4) is 6.07 Å². The highest BCUT2D eigenvalue weighted by Crippen LogP contribution is 2.31. The van der Waals surface area contributed by atoms with Gasteiger partial charge in [0.1, 0.15) is 11.1 Å². The van der Waals surface area contributed by atoms with E-state index in [9.17, 15) is 20.2 Å². The maximum absolute atomic E-state index is 12.9. The van der Waals surface area contributed by atoms with Gasteiger partial charge in [0.15, 0.2) is 5.11 Å². The number of thiocarbonyl (C=S) groups is 1. The Balaban J connectivity index is 1.84. The van der Waals surface area contributed by atoms with E-state index in [1.807, 2.05) is 18.7 Å². The molecule has 0 unspecified atom stereocenters. The van der Waals surface area contributed by atoms with Gasteiger partial charge in [0.25, 0.3) is 11.6 Å². The van der Waals surface area contributed by atoms with Crippen molar-refractivity contribution in [3.63, 3.8) is 0 Å². The summed E-state index contributed by atoms with van der Waals surface area (Å²) in [6.07, 6.45) is 0. The number of amides is 1. The predicted octanol–water partition coefficient (Wildman–Crippen LogP) is 3.11. The van der Waals surface area contributed by atoms with Gasteiger partial charge >= 0.3 is 0 Å². The van der Waals surface area contributed by atoms with Gasteiger partial charge in [0, 0.05) is 30.1 Å². The number of non-ortho nitro benzene ring substituents is 1. The Bertz CT molecular complexity index is 1050. The van der Waals surface area contributed by atoms with E-state index < -0.39 is 10.8 Å². The van der Waals surface area contributed by atoms with Crippen LogP contribution < -0.4 is 15.5 Å². The third kappa shape index (κ3) is 4.56. The Hall–Kier alpha value is -3.07. The van der Waals surface area contributed by atoms with Gasteiger partial charge in [-0.1, -0.05) is 0 Å². The first-order valence-electron chi connectivity index (χ1n) is 9.05. The zero-order valence-corrected chi connectivity index (χ0v) is 18.0. The number of aryl methyl sites for hydroxylation is 1. The number of hydrogen-bond donors (Lipinski definition) is 2. The molecule has 0 aliphatic carbocycles. The smallest absolute Gasteiger partial charge is 0.270 e. The molecule has 2 aromatic rings. The minimum Gasteiger partial charge on any atom is -0.378 e. The Morgan fingerprint density at radius 3 is 2.70 bits per heavy atom. The number of carbonyl (C=O) groups is 1. The molecule has 0 saturated carbocycles. The quantitative estimate of drug-likeness (QED) is 0.418. The molecule has 2 heterocycles. The summed E-state index contributed by atoms with van der Waals surface area (Å²) in [6, 6.07) is 6.30. The summed E-state index contributed by atoms with van der Waals surface area (Å²) in [5, 5.41) is 26.6. The van der Waals surface area contributed by atoms with E-state index in [0.29, 0.717) is 42.6 Å². The van der Waals surface area contributed by atoms with E-state index in [4.69, 9.17) is 17.0 Å². The molecular formula is C19H19N5O4S2. The van der Waals surface area contributed by atoms with Crippen LogP contribution in [0.15, 0.2) is 18.2 Å². The summed E-state index contributed by atoms with van der Waals surface area (Å²) in [5.74, 6) is -0.568. The second-order valence-electron chi connectivity index (χ2n) is 6.57. The van der Waals surface area contributed by atoms with E-state index in [-0.39, 0.29) is 16.4 Å². The Labute approximate surface area is 182 Å². The minimum absolute atomic E-state index is 0.0113. The monoisotopic (exact) mass is 445 g/mol. The zero-order chi connectivity index (χ0) is 21.8. The fraction of sp³-hybridized carbons (Fsp3) is 0.316. The Morgan fingerprint density at radius 1 is 1.37 bits per heavy atom. The van der Waals surface area contributed by atoms with Crippen LogP contribution in [0.5, 0.6) is 0 Å². The molecular weight excluding hydrogens is 426 g/mol. The summed E-state index contributed by atoms with van der Waals surface area (Å²) < 4.78 is 5.34. The van der Waals surface area contributed by atoms with Crippen LogP contribution in [0.25, 0.3) is 0 Å². The average Bonchev–Trinajstić information content (AvgIpc) is 3.00. The summed E-state index contributed by atoms with van der Waals surface area (Å²) in [7, 11) is 0. The molecule has 1 fully saturated rings. The second-order valence-corrected chi connectivity index (χ2v) is 8.20. The van der Waals surface area contributed by atoms with Crippen LogP contribution in [0, 0.1) is 35.3 Å². The molecule has 0 radical (unpaired) electrons. The molecule has 1 amide bonds. The first-order chi connectivity index (χ1) is 14.3. The highest BCUT2D eigenvalue weighted by Gasteiger charge is 2.23. The number of nitro benzene ring substituents is 1. The van der Waals surface area contributed by atoms with Crippen LogP contribution in [-0.2, 0) is 4.74 Å². The maximum atomic E-state index is 12.9. The third-order valence-electron chi connectivity index (χ3n) is 4.74. The van der Waals surface area contributed by atoms with Crippen LogP contribution in [0.2, 0.25) is 0 Å². The maximum Gasteiger partial charge on any atom is 0.270 e. The van der Waals surface area contributed by atoms with Crippen molar-refractivity contribution in [1.29, 1.82) is 5.26 Å². The topological polar surface area (TPSA) is 121 Å². The number of ether oxygens (including phenoxy) is 1. The molecule has 1 aromatic heterocycles. The summed E-state index contributed by atoms with van der Waals surface area (Å²) in [4.78, 5) is 26.5. The molecule has 0 spiro atoms. The molecule has 0 bridgehead atoms. The lowest BCUT2D eigenvalue weighted by atomic mass is 10.1. The third-order valence-corrected chi connectivity index (χ3v) is 6.07. The van der Waals surface area contributed by atoms with Gasteiger partial charge < -0.3 is 15.0 Å². The number of anilines is 2. The number of hydrogen-bond acceptors (Lipinski definition) is 8. The van der Waals surface area contributed by atoms with Gasteiger partial charge in [0.2, 0.25) is 0 Å². The highest BCUT2D eigenvalue weighted by atomic mass is 32.1. The molecule has 3 rings (SSSR count). The van der Waals surface area contributed by atoms with Gasteiger partial charge in [-0.2, -0.15) is 5.26 Å². The normalized spacial score (nSPS) is 13.4. The number of nitrogens with zero attached hydrogens (tertiary/aromatic N) is 3. The molecule has 11 heteroatoms. The summed E-state index contributed by atoms with van der Waals surface area (Å²) in [6.45, 7) is 5.89. The van der Waals surface area contributed by atoms with E-state index in [2.05, 4.69) is 16.7 Å². The van der Waals surface area contributed by atoms with Crippen LogP contribution in [0.3, 0.4) is 0 Å². The fourth-order valence-corrected chi connectivity index (χ4v) is 4.33. The number of benzene rings is 1. The molecule has 1 aromatic carbocycles. The van der Waals surface area contributed by atoms with Crippen molar-refractivity contribution >= 4 is 51.0 Å². The van der Waals surface area contributed by atoms with Gasteiger partial charge in [-0.3, -0.25) is 20.2 Å². The molecule has 1 aliphatic heterocycles. The number of nitrogens with one attached hydrogen (secondary N) is 2.